The summed E-state index contributed by atoms with van der Waals surface area (Å²) in [6.45, 7) is 15.1. The van der Waals surface area contributed by atoms with Crippen LogP contribution in [-0.2, 0) is 0 Å². The van der Waals surface area contributed by atoms with Gasteiger partial charge in [0.15, 0.2) is 0 Å². The van der Waals surface area contributed by atoms with Crippen molar-refractivity contribution in [3.8, 4) is 6.07 Å². The predicted molar refractivity (Wildman–Crippen MR) is 76.3 cm³/mol. The lowest BCUT2D eigenvalue weighted by molar-refractivity contribution is 0.209. The van der Waals surface area contributed by atoms with Crippen molar-refractivity contribution in [2.75, 3.05) is 26.2 Å². The van der Waals surface area contributed by atoms with E-state index in [1.807, 2.05) is 6.92 Å². The lowest BCUT2D eigenvalue weighted by Gasteiger charge is -2.31. The highest BCUT2D eigenvalue weighted by atomic mass is 15.2. The van der Waals surface area contributed by atoms with E-state index in [2.05, 4.69) is 44.0 Å². The van der Waals surface area contributed by atoms with Crippen LogP contribution in [-0.4, -0.2) is 36.6 Å². The molecule has 0 spiro atoms. The highest BCUT2D eigenvalue weighted by Crippen LogP contribution is 2.33. The smallest absolute Gasteiger partial charge is 0.116 e. The Bertz CT molecular complexity index is 300. The van der Waals surface area contributed by atoms with Gasteiger partial charge >= 0.3 is 0 Å². The molecule has 2 unspecified atom stereocenters. The van der Waals surface area contributed by atoms with Crippen LogP contribution in [0, 0.1) is 22.7 Å². The largest absolute Gasteiger partial charge is 0.300 e. The molecule has 3 heteroatoms. The first-order valence-electron chi connectivity index (χ1n) is 7.19. The minimum absolute atomic E-state index is 0.384. The highest BCUT2D eigenvalue weighted by molar-refractivity contribution is 5.06. The molecule has 0 radical (unpaired) electrons. The van der Waals surface area contributed by atoms with Crippen molar-refractivity contribution in [1.29, 1.82) is 5.26 Å². The monoisotopic (exact) mass is 251 g/mol. The molecule has 0 aromatic heterocycles. The molecule has 1 saturated heterocycles. The van der Waals surface area contributed by atoms with E-state index in [0.717, 1.165) is 38.5 Å². The molecular weight excluding hydrogens is 222 g/mol. The van der Waals surface area contributed by atoms with Crippen LogP contribution in [0.5, 0.6) is 0 Å². The van der Waals surface area contributed by atoms with Crippen molar-refractivity contribution < 1.29 is 0 Å². The Morgan fingerprint density at radius 3 is 2.44 bits per heavy atom. The summed E-state index contributed by atoms with van der Waals surface area (Å²) in [4.78, 5) is 2.45. The number of nitrogens with zero attached hydrogens (tertiary/aromatic N) is 2. The average Bonchev–Trinajstić information content (AvgIpc) is 2.74. The number of likely N-dealkylation sites (tertiary alicyclic amines) is 1. The number of hydrogen-bond acceptors (Lipinski definition) is 3. The van der Waals surface area contributed by atoms with Gasteiger partial charge in [-0.1, -0.05) is 27.7 Å². The fraction of sp³-hybridized carbons (Fsp3) is 0.933. The molecule has 3 nitrogen and oxygen atoms in total. The standard InChI is InChI=1S/C15H29N3/c1-6-8-17-15(5,11-16)12-18-9-7-13(10-18)14(2,3)4/h13,17H,6-10,12H2,1-5H3. The van der Waals surface area contributed by atoms with Crippen LogP contribution in [0.4, 0.5) is 0 Å². The van der Waals surface area contributed by atoms with Gasteiger partial charge in [0.2, 0.25) is 0 Å². The van der Waals surface area contributed by atoms with Gasteiger partial charge in [0.1, 0.15) is 5.54 Å². The first-order valence-corrected chi connectivity index (χ1v) is 7.19. The van der Waals surface area contributed by atoms with E-state index >= 15 is 0 Å². The van der Waals surface area contributed by atoms with Gasteiger partial charge in [-0.15, -0.1) is 0 Å². The summed E-state index contributed by atoms with van der Waals surface area (Å²) in [5, 5.41) is 12.7. The van der Waals surface area contributed by atoms with Crippen LogP contribution >= 0.6 is 0 Å². The second-order valence-corrected chi connectivity index (χ2v) is 6.96. The summed E-state index contributed by atoms with van der Waals surface area (Å²) in [7, 11) is 0. The second-order valence-electron chi connectivity index (χ2n) is 6.96. The highest BCUT2D eigenvalue weighted by Gasteiger charge is 2.35. The van der Waals surface area contributed by atoms with Gasteiger partial charge in [0, 0.05) is 13.1 Å². The Morgan fingerprint density at radius 1 is 1.33 bits per heavy atom. The molecule has 1 heterocycles. The van der Waals surface area contributed by atoms with Crippen LogP contribution in [0.25, 0.3) is 0 Å². The minimum atomic E-state index is -0.400. The summed E-state index contributed by atoms with van der Waals surface area (Å²) in [6, 6.07) is 2.44. The van der Waals surface area contributed by atoms with Gasteiger partial charge in [-0.2, -0.15) is 5.26 Å². The zero-order chi connectivity index (χ0) is 13.8. The van der Waals surface area contributed by atoms with E-state index in [9.17, 15) is 5.26 Å². The Morgan fingerprint density at radius 2 is 2.00 bits per heavy atom. The predicted octanol–water partition coefficient (Wildman–Crippen LogP) is 2.64. The molecule has 1 aliphatic heterocycles. The summed E-state index contributed by atoms with van der Waals surface area (Å²) >= 11 is 0. The van der Waals surface area contributed by atoms with E-state index in [1.54, 1.807) is 0 Å². The van der Waals surface area contributed by atoms with E-state index in [4.69, 9.17) is 0 Å². The quantitative estimate of drug-likeness (QED) is 0.816. The fourth-order valence-corrected chi connectivity index (χ4v) is 2.66. The van der Waals surface area contributed by atoms with Gasteiger partial charge in [0.25, 0.3) is 0 Å². The van der Waals surface area contributed by atoms with Crippen molar-refractivity contribution in [3.63, 3.8) is 0 Å². The van der Waals surface area contributed by atoms with E-state index in [-0.39, 0.29) is 0 Å². The number of hydrogen-bond donors (Lipinski definition) is 1. The second kappa shape index (κ2) is 6.04. The lowest BCUT2D eigenvalue weighted by Crippen LogP contribution is -2.50. The van der Waals surface area contributed by atoms with Gasteiger partial charge in [-0.25, -0.2) is 0 Å². The van der Waals surface area contributed by atoms with Gasteiger partial charge in [-0.3, -0.25) is 5.32 Å². The van der Waals surface area contributed by atoms with Gasteiger partial charge < -0.3 is 4.90 Å². The minimum Gasteiger partial charge on any atom is -0.300 e. The molecule has 0 bridgehead atoms. The Kier molecular flexibility index (Phi) is 5.19. The Hall–Kier alpha value is -0.590. The summed E-state index contributed by atoms with van der Waals surface area (Å²) in [6.07, 6.45) is 2.33. The van der Waals surface area contributed by atoms with Crippen molar-refractivity contribution in [3.05, 3.63) is 0 Å². The summed E-state index contributed by atoms with van der Waals surface area (Å²) in [5.41, 5.74) is -0.0164. The maximum absolute atomic E-state index is 9.36. The third kappa shape index (κ3) is 4.26. The zero-order valence-electron chi connectivity index (χ0n) is 12.7. The van der Waals surface area contributed by atoms with Crippen molar-refractivity contribution in [2.24, 2.45) is 11.3 Å². The van der Waals surface area contributed by atoms with Crippen LogP contribution in [0.1, 0.15) is 47.5 Å². The number of nitriles is 1. The molecular formula is C15H29N3. The molecule has 0 aromatic rings. The first-order chi connectivity index (χ1) is 8.30. The van der Waals surface area contributed by atoms with Crippen LogP contribution in [0.15, 0.2) is 0 Å². The summed E-state index contributed by atoms with van der Waals surface area (Å²) < 4.78 is 0. The fourth-order valence-electron chi connectivity index (χ4n) is 2.66. The van der Waals surface area contributed by atoms with Gasteiger partial charge in [0.05, 0.1) is 6.07 Å². The SMILES string of the molecule is CCCNC(C)(C#N)CN1CCC(C(C)(C)C)C1. The Balaban J connectivity index is 2.51. The van der Waals surface area contributed by atoms with Crippen molar-refractivity contribution in [2.45, 2.75) is 53.0 Å². The maximum Gasteiger partial charge on any atom is 0.116 e. The molecule has 0 saturated carbocycles. The third-order valence-corrected chi connectivity index (χ3v) is 4.05. The molecule has 2 atom stereocenters. The molecule has 0 amide bonds. The first kappa shape index (κ1) is 15.5. The molecule has 104 valence electrons. The molecule has 1 rings (SSSR count). The topological polar surface area (TPSA) is 39.1 Å². The number of nitrogens with one attached hydrogen (secondary N) is 1. The van der Waals surface area contributed by atoms with E-state index in [0.29, 0.717) is 5.41 Å². The number of rotatable bonds is 5. The summed E-state index contributed by atoms with van der Waals surface area (Å²) in [5.74, 6) is 0.756. The molecule has 1 fully saturated rings. The Labute approximate surface area is 113 Å². The maximum atomic E-state index is 9.36. The lowest BCUT2D eigenvalue weighted by atomic mass is 9.80. The average molecular weight is 251 g/mol. The van der Waals surface area contributed by atoms with Crippen LogP contribution in [0.3, 0.4) is 0 Å². The molecule has 0 aromatic carbocycles. The van der Waals surface area contributed by atoms with Gasteiger partial charge in [-0.05, 0) is 44.2 Å². The zero-order valence-corrected chi connectivity index (χ0v) is 12.7. The molecule has 0 aliphatic carbocycles. The van der Waals surface area contributed by atoms with Crippen LogP contribution < -0.4 is 5.32 Å². The van der Waals surface area contributed by atoms with E-state index < -0.39 is 5.54 Å². The normalized spacial score (nSPS) is 24.8. The van der Waals surface area contributed by atoms with Crippen LogP contribution in [0.2, 0.25) is 0 Å². The molecule has 1 N–H and O–H groups in total. The molecule has 1 aliphatic rings. The molecule has 18 heavy (non-hydrogen) atoms. The third-order valence-electron chi connectivity index (χ3n) is 4.05. The van der Waals surface area contributed by atoms with E-state index in [1.165, 1.54) is 6.42 Å². The van der Waals surface area contributed by atoms with Crippen molar-refractivity contribution in [1.82, 2.24) is 10.2 Å². The van der Waals surface area contributed by atoms with Crippen molar-refractivity contribution >= 4 is 0 Å².